The van der Waals surface area contributed by atoms with Gasteiger partial charge in [-0.15, -0.1) is 17.6 Å². The standard InChI is InChI=1S/C24H20ClFN4O6S2.C24H21FN4O6S2.C22H26N4O6S2.C21H23N3O4S/c1-24(12-13-5-7-16(26)15(25)10-13)22(32)20(21(31)18-4-3-9-30(18)24)23-27-17-8-6-14(28-37(2,33)34)11-19(17)38(35,36)29-23;1-24(13-14-5-7-15(25)8-6-14)22(31)20(21(30)18-4-3-11-29(18)24)23-26-17-10-9-16(27-36(2,32)33)12-19(17)37(34,35)28-23;1-13(2)9-10-22(3)20(28)18(19(27)16-6-5-11-26(16)22)21-23-15-8-7-14(24-33(4,29)30)12-17(15)34(31,32)25-21;1-13(2)10-11-21(3)19(26)17(18(25)15-8-6-12-24(15)21)20-22-14-7-4-5-9-16(14)29(27,28)23-20/h3-11,28,31H,12H2,1-2H3,(H,27,29);3-12,27,30H,13H2,1-2H3,(H,26,28);5-8,11-13,24,27H,9-10H2,1-4H3,(H,23,25);4-9,12-13,25H,10-11H2,1-3H3,(H,22,23). The number of halogens is 3. The van der Waals surface area contributed by atoms with Crippen molar-refractivity contribution in [1.82, 2.24) is 18.3 Å². The maximum atomic E-state index is 14.0. The van der Waals surface area contributed by atoms with Gasteiger partial charge in [-0.1, -0.05) is 69.6 Å². The number of anilines is 7. The van der Waals surface area contributed by atoms with Crippen molar-refractivity contribution in [2.24, 2.45) is 29.4 Å². The molecular formula is C91H90ClF2N15O22S7. The fraction of sp³-hybridized carbons (Fsp3) is 0.253. The summed E-state index contributed by atoms with van der Waals surface area (Å²) in [7, 11) is -28.0. The molecule has 12 heterocycles. The number of para-hydroxylation sites is 1. The minimum Gasteiger partial charge on any atom is -0.505 e. The molecule has 0 amide bonds. The quantitative estimate of drug-likeness (QED) is 0.0337. The van der Waals surface area contributed by atoms with Crippen molar-refractivity contribution >= 4 is 191 Å². The molecule has 0 radical (unpaired) electrons. The molecule has 8 aliphatic rings. The fourth-order valence-corrected chi connectivity index (χ4v) is 23.6. The number of rotatable bonds is 20. The zero-order valence-electron chi connectivity index (χ0n) is 75.1. The topological polar surface area (TPSA) is 542 Å². The molecule has 724 valence electrons. The molecule has 6 aromatic carbocycles. The van der Waals surface area contributed by atoms with E-state index in [1.165, 1.54) is 72.8 Å². The highest BCUT2D eigenvalue weighted by Gasteiger charge is 2.52. The Morgan fingerprint density at radius 1 is 0.377 bits per heavy atom. The van der Waals surface area contributed by atoms with E-state index in [1.54, 1.807) is 143 Å². The third kappa shape index (κ3) is 19.0. The first-order chi connectivity index (χ1) is 64.4. The first-order valence-electron chi connectivity index (χ1n) is 42.1. The number of nitrogens with one attached hydrogen (secondary N) is 7. The van der Waals surface area contributed by atoms with E-state index in [1.807, 2.05) is 20.8 Å². The van der Waals surface area contributed by atoms with Gasteiger partial charge >= 0.3 is 0 Å². The molecule has 4 unspecified atom stereocenters. The van der Waals surface area contributed by atoms with Crippen LogP contribution in [0.15, 0.2) is 254 Å². The van der Waals surface area contributed by atoms with Crippen LogP contribution in [0.25, 0.3) is 23.0 Å². The van der Waals surface area contributed by atoms with Gasteiger partial charge in [0.15, 0.2) is 69.5 Å². The zero-order chi connectivity index (χ0) is 100. The molecule has 8 aliphatic heterocycles. The van der Waals surface area contributed by atoms with Gasteiger partial charge in [-0.2, -0.15) is 33.7 Å². The maximum absolute atomic E-state index is 14.0. The van der Waals surface area contributed by atoms with Crippen LogP contribution in [0, 0.1) is 23.5 Å². The lowest BCUT2D eigenvalue weighted by molar-refractivity contribution is -0.124. The Hall–Kier alpha value is -13.6. The lowest BCUT2D eigenvalue weighted by Crippen LogP contribution is -2.48. The monoisotopic (exact) mass is 2040 g/mol. The van der Waals surface area contributed by atoms with Gasteiger partial charge in [0.2, 0.25) is 30.1 Å². The number of carbonyl (C=O) groups excluding carboxylic acids is 4. The molecule has 11 N–H and O–H groups in total. The molecule has 47 heteroatoms. The number of sulfonamides is 7. The van der Waals surface area contributed by atoms with E-state index in [4.69, 9.17) is 11.6 Å². The molecule has 0 fully saturated rings. The van der Waals surface area contributed by atoms with Gasteiger partial charge in [-0.3, -0.25) is 33.3 Å². The number of aliphatic hydroxyl groups excluding tert-OH is 4. The molecule has 0 aliphatic carbocycles. The smallest absolute Gasteiger partial charge is 0.286 e. The van der Waals surface area contributed by atoms with Gasteiger partial charge in [-0.25, -0.2) is 34.0 Å². The second-order valence-corrected chi connectivity index (χ2v) is 47.3. The first kappa shape index (κ1) is 98.9. The Kier molecular flexibility index (Phi) is 25.6. The molecule has 0 saturated heterocycles. The summed E-state index contributed by atoms with van der Waals surface area (Å²) in [5.41, 5.74) is -2.43. The van der Waals surface area contributed by atoms with Crippen molar-refractivity contribution in [1.29, 1.82) is 0 Å². The van der Waals surface area contributed by atoms with Crippen molar-refractivity contribution in [3.05, 3.63) is 267 Å². The summed E-state index contributed by atoms with van der Waals surface area (Å²) in [5.74, 6) is -5.11. The number of aliphatic hydroxyl groups is 4. The maximum Gasteiger partial charge on any atom is 0.286 e. The molecule has 0 saturated carbocycles. The first-order valence-corrected chi connectivity index (χ1v) is 53.9. The van der Waals surface area contributed by atoms with Crippen molar-refractivity contribution in [2.45, 2.75) is 136 Å². The number of carbonyl (C=O) groups is 4. The Bertz CT molecular complexity index is 8060. The van der Waals surface area contributed by atoms with E-state index >= 15 is 0 Å². The van der Waals surface area contributed by atoms with Gasteiger partial charge in [0, 0.05) is 54.7 Å². The number of Topliss-reactive ketones (excluding diaryl/α,β-unsaturated/α-hetero) is 4. The Morgan fingerprint density at radius 2 is 0.659 bits per heavy atom. The predicted molar refractivity (Wildman–Crippen MR) is 518 cm³/mol. The average molecular weight is 2040 g/mol. The molecule has 37 nitrogen and oxygen atoms in total. The van der Waals surface area contributed by atoms with E-state index in [9.17, 15) is 107 Å². The van der Waals surface area contributed by atoms with Crippen LogP contribution in [0.1, 0.15) is 115 Å². The highest BCUT2D eigenvalue weighted by molar-refractivity contribution is 7.93. The van der Waals surface area contributed by atoms with Gasteiger partial charge in [-0.05, 0) is 216 Å². The number of aromatic nitrogens is 4. The summed E-state index contributed by atoms with van der Waals surface area (Å²) in [4.78, 5) is 54.4. The fourth-order valence-electron chi connectivity index (χ4n) is 17.2. The van der Waals surface area contributed by atoms with E-state index in [-0.39, 0.29) is 146 Å². The largest absolute Gasteiger partial charge is 0.505 e. The lowest BCUT2D eigenvalue weighted by Gasteiger charge is -2.37. The molecule has 0 bridgehead atoms. The van der Waals surface area contributed by atoms with E-state index in [2.05, 4.69) is 66.9 Å². The molecule has 18 rings (SSSR count). The number of hydrogen-bond acceptors (Lipinski definition) is 26. The average Bonchev–Trinajstić information content (AvgIpc) is 1.31. The molecule has 4 atom stereocenters. The van der Waals surface area contributed by atoms with Crippen LogP contribution in [0.2, 0.25) is 5.02 Å². The summed E-state index contributed by atoms with van der Waals surface area (Å²) in [6, 6.07) is 40.8. The Balaban J connectivity index is 0.000000140. The number of amidine groups is 4. The van der Waals surface area contributed by atoms with E-state index in [0.717, 1.165) is 49.8 Å². The Labute approximate surface area is 797 Å². The highest BCUT2D eigenvalue weighted by atomic mass is 35.5. The summed E-state index contributed by atoms with van der Waals surface area (Å²) >= 11 is 5.94. The van der Waals surface area contributed by atoms with Gasteiger partial charge in [0.1, 0.15) is 75.7 Å². The summed E-state index contributed by atoms with van der Waals surface area (Å²) < 4.78 is 229. The summed E-state index contributed by atoms with van der Waals surface area (Å²) in [6.07, 6.45) is 12.3. The van der Waals surface area contributed by atoms with Gasteiger partial charge in [0.25, 0.3) is 40.1 Å². The zero-order valence-corrected chi connectivity index (χ0v) is 81.6. The lowest BCUT2D eigenvalue weighted by atomic mass is 9.80. The minimum absolute atomic E-state index is 0.00874. The number of benzene rings is 6. The van der Waals surface area contributed by atoms with Crippen LogP contribution >= 0.6 is 11.6 Å². The van der Waals surface area contributed by atoms with Crippen LogP contribution in [-0.2, 0) is 124 Å². The molecule has 0 spiro atoms. The molecule has 10 aromatic rings. The van der Waals surface area contributed by atoms with Crippen molar-refractivity contribution in [2.75, 3.05) is 54.2 Å². The number of fused-ring (bicyclic) bond motifs is 8. The highest BCUT2D eigenvalue weighted by Crippen LogP contribution is 2.47. The molecule has 4 aromatic heterocycles. The number of hydrogen-bond donors (Lipinski definition) is 11. The van der Waals surface area contributed by atoms with Gasteiger partial charge in [0.05, 0.1) is 69.3 Å². The minimum atomic E-state index is -4.41. The molecular weight excluding hydrogens is 1950 g/mol. The summed E-state index contributed by atoms with van der Waals surface area (Å²) in [6.45, 7) is 15.1. The third-order valence-corrected chi connectivity index (χ3v) is 31.4. The SMILES string of the molecule is CC(C)CCC1(C)C(=O)C(C2=NS(=O)(=O)c3cc(NS(C)(=O)=O)ccc3N2)=C(O)c2cccn21.CC(C)CCC1(C)C(=O)C(C2=NS(=O)(=O)c3ccccc3N2)=C(O)c2cccn21.CC1(Cc2ccc(F)c(Cl)c2)C(=O)C(C2=NS(=O)(=O)c3cc(NS(C)(=O)=O)ccc3N2)=C(O)c2cccn21.CC1(Cc2ccc(F)cc2)C(=O)C(C2=NS(=O)(=O)c3cc(NS(C)(=O)=O)ccc3N2)=C(O)c2cccn21. The van der Waals surface area contributed by atoms with Crippen molar-refractivity contribution < 1.29 is 107 Å². The number of nitrogens with zero attached hydrogens (tertiary/aromatic N) is 8. The van der Waals surface area contributed by atoms with Crippen LogP contribution in [-0.4, -0.2) is 163 Å². The third-order valence-electron chi connectivity index (χ3n) is 24.0. The molecule has 138 heavy (non-hydrogen) atoms. The van der Waals surface area contributed by atoms with Crippen LogP contribution in [0.3, 0.4) is 0 Å². The number of ketones is 4. The predicted octanol–water partition coefficient (Wildman–Crippen LogP) is 13.5. The second-order valence-electron chi connectivity index (χ2n) is 35.4. The van der Waals surface area contributed by atoms with Crippen molar-refractivity contribution in [3.8, 4) is 0 Å². The van der Waals surface area contributed by atoms with Crippen LogP contribution in [0.4, 0.5) is 48.6 Å². The summed E-state index contributed by atoms with van der Waals surface area (Å²) in [5, 5.41) is 55.2. The van der Waals surface area contributed by atoms with Crippen LogP contribution in [0.5, 0.6) is 0 Å². The van der Waals surface area contributed by atoms with E-state index in [0.29, 0.717) is 52.9 Å². The van der Waals surface area contributed by atoms with Crippen molar-refractivity contribution in [3.63, 3.8) is 0 Å². The van der Waals surface area contributed by atoms with Crippen LogP contribution < -0.4 is 35.4 Å². The van der Waals surface area contributed by atoms with E-state index < -0.39 is 133 Å². The Morgan fingerprint density at radius 3 is 0.971 bits per heavy atom. The van der Waals surface area contributed by atoms with Gasteiger partial charge < -0.3 is 60.0 Å². The second kappa shape index (κ2) is 35.7. The normalized spacial score (nSPS) is 21.2.